The summed E-state index contributed by atoms with van der Waals surface area (Å²) in [7, 11) is 0. The molecule has 1 N–H and O–H groups in total. The van der Waals surface area contributed by atoms with Gasteiger partial charge in [0.15, 0.2) is 5.58 Å². The quantitative estimate of drug-likeness (QED) is 0.797. The van der Waals surface area contributed by atoms with Gasteiger partial charge in [-0.15, -0.1) is 0 Å². The van der Waals surface area contributed by atoms with E-state index >= 15 is 0 Å². The Kier molecular flexibility index (Phi) is 3.74. The van der Waals surface area contributed by atoms with Crippen LogP contribution in [0, 0.1) is 0 Å². The van der Waals surface area contributed by atoms with Crippen LogP contribution in [0.5, 0.6) is 0 Å². The van der Waals surface area contributed by atoms with Crippen LogP contribution in [-0.2, 0) is 11.3 Å². The second kappa shape index (κ2) is 5.85. The Bertz CT molecular complexity index is 852. The van der Waals surface area contributed by atoms with E-state index in [2.05, 4.69) is 10.3 Å². The summed E-state index contributed by atoms with van der Waals surface area (Å²) in [6.07, 6.45) is 3.37. The van der Waals surface area contributed by atoms with Crippen LogP contribution >= 0.6 is 0 Å². The van der Waals surface area contributed by atoms with Crippen LogP contribution in [0.3, 0.4) is 0 Å². The van der Waals surface area contributed by atoms with Gasteiger partial charge in [-0.05, 0) is 30.7 Å². The number of oxazole rings is 1. The highest BCUT2D eigenvalue weighted by atomic mass is 16.4. The molecule has 0 fully saturated rings. The van der Waals surface area contributed by atoms with Crippen molar-refractivity contribution in [2.45, 2.75) is 19.5 Å². The Hall–Kier alpha value is -2.89. The van der Waals surface area contributed by atoms with Crippen LogP contribution in [0.2, 0.25) is 0 Å². The van der Waals surface area contributed by atoms with Crippen molar-refractivity contribution in [2.24, 2.45) is 0 Å². The summed E-state index contributed by atoms with van der Waals surface area (Å²) >= 11 is 0. The molecular weight excluding hydrogens is 282 g/mol. The molecule has 0 radical (unpaired) electrons. The first-order chi connectivity index (χ1) is 10.6. The number of hydrogen-bond acceptors (Lipinski definition) is 4. The number of para-hydroxylation sites is 2. The molecule has 2 aromatic heterocycles. The van der Waals surface area contributed by atoms with Crippen molar-refractivity contribution in [3.05, 3.63) is 64.9 Å². The lowest BCUT2D eigenvalue weighted by Crippen LogP contribution is -2.32. The zero-order valence-electron chi connectivity index (χ0n) is 12.0. The number of hydrogen-bond donors (Lipinski definition) is 1. The van der Waals surface area contributed by atoms with Gasteiger partial charge in [-0.1, -0.05) is 18.2 Å². The summed E-state index contributed by atoms with van der Waals surface area (Å²) in [5.74, 6) is -0.796. The number of nitrogens with zero attached hydrogens (tertiary/aromatic N) is 2. The lowest BCUT2D eigenvalue weighted by atomic mass is 10.1. The molecule has 22 heavy (non-hydrogen) atoms. The second-order valence-corrected chi connectivity index (χ2v) is 5.00. The fraction of sp³-hybridized carbons (Fsp3) is 0.188. The minimum Gasteiger partial charge on any atom is -0.408 e. The topological polar surface area (TPSA) is 77.1 Å². The molecule has 0 saturated carbocycles. The number of amides is 1. The number of pyridine rings is 1. The molecule has 112 valence electrons. The summed E-state index contributed by atoms with van der Waals surface area (Å²) in [5.41, 5.74) is 1.98. The van der Waals surface area contributed by atoms with Gasteiger partial charge in [-0.2, -0.15) is 0 Å². The third-order valence-electron chi connectivity index (χ3n) is 3.44. The van der Waals surface area contributed by atoms with E-state index in [0.29, 0.717) is 11.1 Å². The molecule has 6 nitrogen and oxygen atoms in total. The molecule has 1 atom stereocenters. The van der Waals surface area contributed by atoms with Gasteiger partial charge in [0.05, 0.1) is 11.6 Å². The van der Waals surface area contributed by atoms with E-state index in [1.165, 1.54) is 4.57 Å². The van der Waals surface area contributed by atoms with Crippen molar-refractivity contribution in [2.75, 3.05) is 0 Å². The lowest BCUT2D eigenvalue weighted by Gasteiger charge is -2.13. The van der Waals surface area contributed by atoms with Crippen molar-refractivity contribution in [1.29, 1.82) is 0 Å². The number of carbonyl (C=O) groups excluding carboxylic acids is 1. The molecule has 0 aliphatic heterocycles. The number of benzene rings is 1. The molecule has 1 aromatic carbocycles. The monoisotopic (exact) mass is 297 g/mol. The van der Waals surface area contributed by atoms with Crippen molar-refractivity contribution >= 4 is 17.0 Å². The Balaban J connectivity index is 1.76. The Labute approximate surface area is 126 Å². The van der Waals surface area contributed by atoms with E-state index < -0.39 is 5.76 Å². The Morgan fingerprint density at radius 2 is 2.14 bits per heavy atom. The standard InChI is InChI=1S/C16H15N3O3/c1-11(12-5-4-8-17-9-12)18-15(20)10-19-13-6-2-3-7-14(13)22-16(19)21/h2-9,11H,10H2,1H3,(H,18,20). The first-order valence-corrected chi connectivity index (χ1v) is 6.93. The average Bonchev–Trinajstić information content (AvgIpc) is 2.84. The summed E-state index contributed by atoms with van der Waals surface area (Å²) < 4.78 is 6.43. The maximum atomic E-state index is 12.2. The van der Waals surface area contributed by atoms with E-state index in [1.54, 1.807) is 36.7 Å². The van der Waals surface area contributed by atoms with Gasteiger partial charge >= 0.3 is 5.76 Å². The first kappa shape index (κ1) is 14.1. The number of aromatic nitrogens is 2. The smallest absolute Gasteiger partial charge is 0.408 e. The molecule has 6 heteroatoms. The van der Waals surface area contributed by atoms with Gasteiger partial charge < -0.3 is 9.73 Å². The van der Waals surface area contributed by atoms with E-state index in [1.807, 2.05) is 19.1 Å². The minimum absolute atomic E-state index is 0.0829. The maximum absolute atomic E-state index is 12.2. The van der Waals surface area contributed by atoms with Crippen molar-refractivity contribution < 1.29 is 9.21 Å². The molecule has 3 rings (SSSR count). The van der Waals surface area contributed by atoms with Gasteiger partial charge in [0.25, 0.3) is 0 Å². The summed E-state index contributed by atoms with van der Waals surface area (Å²) in [6.45, 7) is 1.78. The normalized spacial score (nSPS) is 12.2. The van der Waals surface area contributed by atoms with Crippen molar-refractivity contribution in [1.82, 2.24) is 14.9 Å². The van der Waals surface area contributed by atoms with Crippen molar-refractivity contribution in [3.63, 3.8) is 0 Å². The Morgan fingerprint density at radius 1 is 1.32 bits per heavy atom. The van der Waals surface area contributed by atoms with Crippen LogP contribution in [-0.4, -0.2) is 15.5 Å². The zero-order chi connectivity index (χ0) is 15.5. The molecular formula is C16H15N3O3. The van der Waals surface area contributed by atoms with Gasteiger partial charge in [-0.25, -0.2) is 4.79 Å². The van der Waals surface area contributed by atoms with Crippen LogP contribution in [0.4, 0.5) is 0 Å². The molecule has 3 aromatic rings. The third kappa shape index (κ3) is 2.76. The largest absolute Gasteiger partial charge is 0.420 e. The summed E-state index contributed by atoms with van der Waals surface area (Å²) in [6, 6.07) is 10.5. The number of carbonyl (C=O) groups is 1. The summed E-state index contributed by atoms with van der Waals surface area (Å²) in [4.78, 5) is 28.0. The third-order valence-corrected chi connectivity index (χ3v) is 3.44. The van der Waals surface area contributed by atoms with E-state index in [9.17, 15) is 9.59 Å². The SMILES string of the molecule is CC(NC(=O)Cn1c(=O)oc2ccccc21)c1cccnc1. The minimum atomic E-state index is -0.537. The van der Waals surface area contributed by atoms with Gasteiger partial charge in [0.2, 0.25) is 5.91 Å². The average molecular weight is 297 g/mol. The van der Waals surface area contributed by atoms with Gasteiger partial charge in [-0.3, -0.25) is 14.3 Å². The molecule has 2 heterocycles. The molecule has 0 saturated heterocycles. The van der Waals surface area contributed by atoms with Gasteiger partial charge in [0.1, 0.15) is 6.54 Å². The summed E-state index contributed by atoms with van der Waals surface area (Å²) in [5, 5.41) is 2.85. The van der Waals surface area contributed by atoms with E-state index in [0.717, 1.165) is 5.56 Å². The molecule has 0 aliphatic rings. The first-order valence-electron chi connectivity index (χ1n) is 6.93. The fourth-order valence-electron chi connectivity index (χ4n) is 2.31. The maximum Gasteiger partial charge on any atom is 0.420 e. The fourth-order valence-corrected chi connectivity index (χ4v) is 2.31. The zero-order valence-corrected chi connectivity index (χ0v) is 12.0. The predicted octanol–water partition coefficient (Wildman–Crippen LogP) is 1.87. The predicted molar refractivity (Wildman–Crippen MR) is 81.3 cm³/mol. The molecule has 0 bridgehead atoms. The lowest BCUT2D eigenvalue weighted by molar-refractivity contribution is -0.122. The van der Waals surface area contributed by atoms with E-state index in [4.69, 9.17) is 4.42 Å². The highest BCUT2D eigenvalue weighted by Gasteiger charge is 2.14. The van der Waals surface area contributed by atoms with Crippen LogP contribution < -0.4 is 11.1 Å². The van der Waals surface area contributed by atoms with Gasteiger partial charge in [0, 0.05) is 12.4 Å². The molecule has 0 aliphatic carbocycles. The highest BCUT2D eigenvalue weighted by Crippen LogP contribution is 2.12. The second-order valence-electron chi connectivity index (χ2n) is 5.00. The molecule has 0 spiro atoms. The van der Waals surface area contributed by atoms with Crippen LogP contribution in [0.25, 0.3) is 11.1 Å². The number of rotatable bonds is 4. The number of nitrogens with one attached hydrogen (secondary N) is 1. The van der Waals surface area contributed by atoms with Crippen LogP contribution in [0.1, 0.15) is 18.5 Å². The highest BCUT2D eigenvalue weighted by molar-refractivity contribution is 5.79. The number of fused-ring (bicyclic) bond motifs is 1. The van der Waals surface area contributed by atoms with Crippen LogP contribution in [0.15, 0.2) is 58.0 Å². The van der Waals surface area contributed by atoms with Crippen molar-refractivity contribution in [3.8, 4) is 0 Å². The van der Waals surface area contributed by atoms with E-state index in [-0.39, 0.29) is 18.5 Å². The molecule has 1 unspecified atom stereocenters. The Morgan fingerprint density at radius 3 is 2.91 bits per heavy atom. The molecule has 1 amide bonds.